The van der Waals surface area contributed by atoms with Crippen LogP contribution in [0, 0.1) is 0 Å². The van der Waals surface area contributed by atoms with E-state index in [0.717, 1.165) is 55.2 Å². The van der Waals surface area contributed by atoms with Crippen molar-refractivity contribution in [2.24, 2.45) is 0 Å². The van der Waals surface area contributed by atoms with Crippen LogP contribution in [0.2, 0.25) is 0 Å². The molecule has 0 aromatic carbocycles. The van der Waals surface area contributed by atoms with Gasteiger partial charge in [-0.1, -0.05) is 6.92 Å². The van der Waals surface area contributed by atoms with Gasteiger partial charge in [0.1, 0.15) is 0 Å². The van der Waals surface area contributed by atoms with E-state index in [4.69, 9.17) is 1.37 Å². The second-order valence-electron chi connectivity index (χ2n) is 4.80. The third-order valence-corrected chi connectivity index (χ3v) is 3.68. The molecule has 0 atom stereocenters. The molecule has 0 unspecified atom stereocenters. The Hall–Kier alpha value is -1.75. The summed E-state index contributed by atoms with van der Waals surface area (Å²) >= 11 is 0. The van der Waals surface area contributed by atoms with Crippen LogP contribution in [0.1, 0.15) is 14.0 Å². The summed E-state index contributed by atoms with van der Waals surface area (Å²) < 4.78 is 9.93. The number of nitrogens with zero attached hydrogens (tertiary/aromatic N) is 3. The van der Waals surface area contributed by atoms with Crippen molar-refractivity contribution in [1.82, 2.24) is 14.9 Å². The molecule has 102 valence electrons. The first-order chi connectivity index (χ1) is 9.74. The normalized spacial score (nSPS) is 16.7. The number of piperazine rings is 1. The number of aromatic nitrogens is 2. The van der Waals surface area contributed by atoms with Gasteiger partial charge in [0.05, 0.1) is 18.3 Å². The maximum atomic E-state index is 8.21. The van der Waals surface area contributed by atoms with Gasteiger partial charge in [-0.15, -0.1) is 0 Å². The second-order valence-corrected chi connectivity index (χ2v) is 4.80. The van der Waals surface area contributed by atoms with Crippen molar-refractivity contribution in [3.8, 4) is 0 Å². The molecular weight excluding hydrogens is 238 g/mol. The van der Waals surface area contributed by atoms with Crippen molar-refractivity contribution in [3.63, 3.8) is 0 Å². The summed E-state index contributed by atoms with van der Waals surface area (Å²) in [5.74, 6) is 0. The van der Waals surface area contributed by atoms with Gasteiger partial charge >= 0.3 is 0 Å². The molecule has 1 aliphatic rings. The Morgan fingerprint density at radius 1 is 1.47 bits per heavy atom. The van der Waals surface area contributed by atoms with E-state index < -0.39 is 0 Å². The summed E-state index contributed by atoms with van der Waals surface area (Å²) in [6, 6.07) is 4.05. The van der Waals surface area contributed by atoms with Crippen molar-refractivity contribution >= 4 is 16.9 Å². The summed E-state index contributed by atoms with van der Waals surface area (Å²) in [4.78, 5) is 2.33. The Labute approximate surface area is 115 Å². The number of hydrogen-bond donors (Lipinski definition) is 2. The molecule has 3 heterocycles. The molecule has 19 heavy (non-hydrogen) atoms. The molecule has 0 aliphatic carbocycles. The van der Waals surface area contributed by atoms with Gasteiger partial charge in [0.2, 0.25) is 0 Å². The zero-order valence-electron chi connectivity index (χ0n) is 12.5. The third kappa shape index (κ3) is 2.14. The highest BCUT2D eigenvalue weighted by molar-refractivity contribution is 5.77. The van der Waals surface area contributed by atoms with E-state index in [1.807, 2.05) is 13.1 Å². The van der Waals surface area contributed by atoms with Crippen LogP contribution in [0.4, 0.5) is 11.4 Å². The molecule has 0 bridgehead atoms. The number of pyridine rings is 1. The van der Waals surface area contributed by atoms with E-state index in [1.54, 1.807) is 4.52 Å². The SMILES string of the molecule is [2H]c1cc(N2CCNCC2)cc2c(NC)c(CC)nn12. The average Bonchev–Trinajstić information content (AvgIpc) is 2.86. The molecule has 5 nitrogen and oxygen atoms in total. The quantitative estimate of drug-likeness (QED) is 0.874. The number of anilines is 2. The summed E-state index contributed by atoms with van der Waals surface area (Å²) in [7, 11) is 1.91. The van der Waals surface area contributed by atoms with E-state index in [1.165, 1.54) is 0 Å². The van der Waals surface area contributed by atoms with E-state index in [9.17, 15) is 0 Å². The van der Waals surface area contributed by atoms with Gasteiger partial charge in [-0.05, 0) is 18.6 Å². The van der Waals surface area contributed by atoms with E-state index in [0.29, 0.717) is 6.17 Å². The van der Waals surface area contributed by atoms with Crippen LogP contribution in [-0.4, -0.2) is 42.8 Å². The molecule has 2 aromatic heterocycles. The summed E-state index contributed by atoms with van der Waals surface area (Å²) in [6.45, 7) is 6.05. The molecule has 3 rings (SSSR count). The lowest BCUT2D eigenvalue weighted by Gasteiger charge is -2.29. The third-order valence-electron chi connectivity index (χ3n) is 3.68. The zero-order chi connectivity index (χ0) is 14.1. The van der Waals surface area contributed by atoms with E-state index in [-0.39, 0.29) is 0 Å². The zero-order valence-corrected chi connectivity index (χ0v) is 11.5. The maximum absolute atomic E-state index is 8.21. The van der Waals surface area contributed by atoms with Gasteiger partial charge in [0.25, 0.3) is 0 Å². The number of hydrogen-bond acceptors (Lipinski definition) is 4. The molecule has 2 aromatic rings. The molecule has 1 aliphatic heterocycles. The summed E-state index contributed by atoms with van der Waals surface area (Å²) in [6.07, 6.45) is 1.30. The Morgan fingerprint density at radius 3 is 2.95 bits per heavy atom. The molecular formula is C14H21N5. The van der Waals surface area contributed by atoms with Gasteiger partial charge in [0.15, 0.2) is 0 Å². The van der Waals surface area contributed by atoms with Crippen LogP contribution >= 0.6 is 0 Å². The van der Waals surface area contributed by atoms with Crippen LogP contribution in [0.5, 0.6) is 0 Å². The largest absolute Gasteiger partial charge is 0.385 e. The highest BCUT2D eigenvalue weighted by Gasteiger charge is 2.14. The number of aryl methyl sites for hydroxylation is 1. The van der Waals surface area contributed by atoms with Gasteiger partial charge < -0.3 is 15.5 Å². The molecule has 0 amide bonds. The first kappa shape index (κ1) is 11.1. The number of fused-ring (bicyclic) bond motifs is 1. The first-order valence-corrected chi connectivity index (χ1v) is 6.90. The van der Waals surface area contributed by atoms with Crippen LogP contribution in [-0.2, 0) is 6.42 Å². The molecule has 2 N–H and O–H groups in total. The van der Waals surface area contributed by atoms with Crippen LogP contribution in [0.25, 0.3) is 5.52 Å². The van der Waals surface area contributed by atoms with Crippen molar-refractivity contribution in [3.05, 3.63) is 24.0 Å². The molecule has 1 saturated heterocycles. The Balaban J connectivity index is 2.11. The fourth-order valence-electron chi connectivity index (χ4n) is 2.64. The van der Waals surface area contributed by atoms with Crippen molar-refractivity contribution in [2.45, 2.75) is 13.3 Å². The predicted octanol–water partition coefficient (Wildman–Crippen LogP) is 1.35. The van der Waals surface area contributed by atoms with Crippen LogP contribution < -0.4 is 15.5 Å². The lowest BCUT2D eigenvalue weighted by atomic mass is 10.2. The van der Waals surface area contributed by atoms with E-state index >= 15 is 0 Å². The molecule has 5 heteroatoms. The molecule has 0 saturated carbocycles. The fourth-order valence-corrected chi connectivity index (χ4v) is 2.64. The fraction of sp³-hybridized carbons (Fsp3) is 0.500. The summed E-state index contributed by atoms with van der Waals surface area (Å²) in [5, 5.41) is 11.1. The van der Waals surface area contributed by atoms with Crippen LogP contribution in [0.15, 0.2) is 18.3 Å². The van der Waals surface area contributed by atoms with Gasteiger partial charge in [0, 0.05) is 45.1 Å². The van der Waals surface area contributed by atoms with Crippen molar-refractivity contribution in [2.75, 3.05) is 43.4 Å². The maximum Gasteiger partial charge on any atom is 0.0917 e. The minimum atomic E-state index is 0.437. The lowest BCUT2D eigenvalue weighted by Crippen LogP contribution is -2.43. The Bertz CT molecular complexity index is 616. The minimum Gasteiger partial charge on any atom is -0.385 e. The average molecular weight is 260 g/mol. The molecule has 0 radical (unpaired) electrons. The summed E-state index contributed by atoms with van der Waals surface area (Å²) in [5.41, 5.74) is 4.16. The topological polar surface area (TPSA) is 44.6 Å². The van der Waals surface area contributed by atoms with Crippen LogP contribution in [0.3, 0.4) is 0 Å². The number of nitrogens with one attached hydrogen (secondary N) is 2. The van der Waals surface area contributed by atoms with Gasteiger partial charge in [-0.2, -0.15) is 5.10 Å². The minimum absolute atomic E-state index is 0.437. The highest BCUT2D eigenvalue weighted by Crippen LogP contribution is 2.26. The van der Waals surface area contributed by atoms with Crippen molar-refractivity contribution < 1.29 is 1.37 Å². The number of rotatable bonds is 3. The Kier molecular flexibility index (Phi) is 2.98. The van der Waals surface area contributed by atoms with Gasteiger partial charge in [-0.25, -0.2) is 4.52 Å². The molecule has 0 spiro atoms. The van der Waals surface area contributed by atoms with Crippen molar-refractivity contribution in [1.29, 1.82) is 0 Å². The predicted molar refractivity (Wildman–Crippen MR) is 79.2 cm³/mol. The second kappa shape index (κ2) is 5.09. The highest BCUT2D eigenvalue weighted by atomic mass is 15.2. The standard InChI is InChI=1S/C14H21N5/c1-3-12-14(15-2)13-10-11(4-7-19(13)17-12)18-8-5-16-6-9-18/h4,7,10,15-16H,3,5-6,8-9H2,1-2H3/i7D. The Morgan fingerprint density at radius 2 is 2.26 bits per heavy atom. The monoisotopic (exact) mass is 260 g/mol. The van der Waals surface area contributed by atoms with E-state index in [2.05, 4.69) is 33.6 Å². The smallest absolute Gasteiger partial charge is 0.0917 e. The molecule has 1 fully saturated rings. The lowest BCUT2D eigenvalue weighted by molar-refractivity contribution is 0.589. The van der Waals surface area contributed by atoms with Gasteiger partial charge in [-0.3, -0.25) is 0 Å². The first-order valence-electron chi connectivity index (χ1n) is 7.40.